The summed E-state index contributed by atoms with van der Waals surface area (Å²) >= 11 is 0. The van der Waals surface area contributed by atoms with E-state index in [4.69, 9.17) is 4.74 Å². The largest absolute Gasteiger partial charge is 0.481 e. The summed E-state index contributed by atoms with van der Waals surface area (Å²) in [6, 6.07) is 12.4. The highest BCUT2D eigenvalue weighted by molar-refractivity contribution is 5.91. The standard InChI is InChI=1S/C34H46N4O11/c1-20(2)16-24(36-32(46)26-14-9-15-38(26)34(48)49-19-21-10-5-3-6-11-21)31(45)37-25(18-39)28(42)29(43)30(44)33(47)35-23(17-27(40)41)22-12-7-4-8-13-22/h3-8,10-13,20,23-26,28-30,39,42-44H,9,14-19H2,1-2H3,(H,35,47)(H,36,46)(H,37,45)(H,40,41)/t23-,24-,25-,26-,28+,29+,30-/m0/s1. The minimum Gasteiger partial charge on any atom is -0.481 e. The Hall–Kier alpha value is -4.57. The Morgan fingerprint density at radius 2 is 1.51 bits per heavy atom. The second-order valence-electron chi connectivity index (χ2n) is 12.4. The van der Waals surface area contributed by atoms with Crippen molar-refractivity contribution in [3.05, 3.63) is 71.8 Å². The lowest BCUT2D eigenvalue weighted by molar-refractivity contribution is -0.145. The molecular formula is C34H46N4O11. The average molecular weight is 687 g/mol. The molecule has 1 aliphatic rings. The molecule has 1 heterocycles. The number of nitrogens with one attached hydrogen (secondary N) is 3. The summed E-state index contributed by atoms with van der Waals surface area (Å²) in [6.45, 7) is 2.99. The van der Waals surface area contributed by atoms with Crippen molar-refractivity contribution in [2.45, 2.75) is 88.6 Å². The molecule has 7 atom stereocenters. The van der Waals surface area contributed by atoms with Crippen molar-refractivity contribution in [3.8, 4) is 0 Å². The molecule has 0 aromatic heterocycles. The molecule has 8 N–H and O–H groups in total. The Labute approximate surface area is 284 Å². The number of ether oxygens (including phenoxy) is 1. The number of rotatable bonds is 17. The molecule has 2 aromatic carbocycles. The molecule has 49 heavy (non-hydrogen) atoms. The number of amides is 4. The van der Waals surface area contributed by atoms with Crippen LogP contribution < -0.4 is 16.0 Å². The minimum atomic E-state index is -2.28. The fraction of sp³-hybridized carbons (Fsp3) is 0.500. The molecule has 1 saturated heterocycles. The van der Waals surface area contributed by atoms with Gasteiger partial charge in [0.25, 0.3) is 5.91 Å². The summed E-state index contributed by atoms with van der Waals surface area (Å²) in [6.07, 6.45) is -6.76. The fourth-order valence-electron chi connectivity index (χ4n) is 5.50. The number of likely N-dealkylation sites (tertiary alicyclic amines) is 1. The highest BCUT2D eigenvalue weighted by Crippen LogP contribution is 2.21. The predicted molar refractivity (Wildman–Crippen MR) is 174 cm³/mol. The third-order valence-electron chi connectivity index (χ3n) is 8.11. The van der Waals surface area contributed by atoms with Crippen LogP contribution in [0.15, 0.2) is 60.7 Å². The Kier molecular flexibility index (Phi) is 14.9. The Morgan fingerprint density at radius 3 is 2.10 bits per heavy atom. The van der Waals surface area contributed by atoms with Gasteiger partial charge in [0.15, 0.2) is 6.10 Å². The summed E-state index contributed by atoms with van der Waals surface area (Å²) in [4.78, 5) is 65.0. The van der Waals surface area contributed by atoms with E-state index < -0.39 is 85.3 Å². The van der Waals surface area contributed by atoms with Gasteiger partial charge in [-0.15, -0.1) is 0 Å². The van der Waals surface area contributed by atoms with Crippen LogP contribution in [0, 0.1) is 5.92 Å². The van der Waals surface area contributed by atoms with Gasteiger partial charge in [0, 0.05) is 6.54 Å². The lowest BCUT2D eigenvalue weighted by Gasteiger charge is -2.31. The molecule has 268 valence electrons. The van der Waals surface area contributed by atoms with Crippen LogP contribution in [0.5, 0.6) is 0 Å². The molecule has 0 saturated carbocycles. The molecular weight excluding hydrogens is 640 g/mol. The predicted octanol–water partition coefficient (Wildman–Crippen LogP) is 0.211. The number of aliphatic hydroxyl groups is 4. The number of carbonyl (C=O) groups excluding carboxylic acids is 4. The van der Waals surface area contributed by atoms with Gasteiger partial charge in [0.1, 0.15) is 30.9 Å². The molecule has 1 aliphatic heterocycles. The second kappa shape index (κ2) is 18.8. The summed E-state index contributed by atoms with van der Waals surface area (Å²) in [7, 11) is 0. The van der Waals surface area contributed by atoms with Crippen molar-refractivity contribution in [2.24, 2.45) is 5.92 Å². The maximum absolute atomic E-state index is 13.4. The number of hydrogen-bond acceptors (Lipinski definition) is 10. The third-order valence-corrected chi connectivity index (χ3v) is 8.11. The first-order valence-electron chi connectivity index (χ1n) is 16.1. The molecule has 15 nitrogen and oxygen atoms in total. The highest BCUT2D eigenvalue weighted by atomic mass is 16.6. The van der Waals surface area contributed by atoms with E-state index in [1.54, 1.807) is 68.4 Å². The van der Waals surface area contributed by atoms with Crippen molar-refractivity contribution in [1.82, 2.24) is 20.9 Å². The van der Waals surface area contributed by atoms with Crippen LogP contribution in [0.2, 0.25) is 0 Å². The summed E-state index contributed by atoms with van der Waals surface area (Å²) < 4.78 is 5.40. The molecule has 1 fully saturated rings. The first kappa shape index (κ1) is 38.9. The van der Waals surface area contributed by atoms with Gasteiger partial charge in [-0.05, 0) is 36.3 Å². The van der Waals surface area contributed by atoms with Crippen molar-refractivity contribution < 1.29 is 54.2 Å². The van der Waals surface area contributed by atoms with Gasteiger partial charge in [-0.3, -0.25) is 24.1 Å². The smallest absolute Gasteiger partial charge is 0.410 e. The maximum atomic E-state index is 13.4. The van der Waals surface area contributed by atoms with Crippen LogP contribution in [-0.2, 0) is 30.5 Å². The van der Waals surface area contributed by atoms with Crippen molar-refractivity contribution >= 4 is 29.8 Å². The summed E-state index contributed by atoms with van der Waals surface area (Å²) in [5.41, 5.74) is 1.20. The Morgan fingerprint density at radius 1 is 0.878 bits per heavy atom. The first-order chi connectivity index (χ1) is 23.3. The number of carboxylic acids is 1. The van der Waals surface area contributed by atoms with Gasteiger partial charge in [-0.1, -0.05) is 74.5 Å². The van der Waals surface area contributed by atoms with E-state index in [-0.39, 0.29) is 25.5 Å². The molecule has 0 aliphatic carbocycles. The summed E-state index contributed by atoms with van der Waals surface area (Å²) in [5, 5.41) is 58.6. The van der Waals surface area contributed by atoms with Gasteiger partial charge in [-0.25, -0.2) is 4.79 Å². The van der Waals surface area contributed by atoms with E-state index >= 15 is 0 Å². The van der Waals surface area contributed by atoms with E-state index in [1.165, 1.54) is 4.90 Å². The Bertz CT molecular complexity index is 1400. The fourth-order valence-corrected chi connectivity index (χ4v) is 5.50. The van der Waals surface area contributed by atoms with Crippen molar-refractivity contribution in [1.29, 1.82) is 0 Å². The number of carbonyl (C=O) groups is 5. The van der Waals surface area contributed by atoms with Crippen LogP contribution in [0.25, 0.3) is 0 Å². The highest BCUT2D eigenvalue weighted by Gasteiger charge is 2.39. The van der Waals surface area contributed by atoms with E-state index in [0.717, 1.165) is 5.56 Å². The quantitative estimate of drug-likeness (QED) is 0.112. The number of aliphatic carboxylic acids is 1. The molecule has 0 unspecified atom stereocenters. The van der Waals surface area contributed by atoms with Crippen LogP contribution >= 0.6 is 0 Å². The number of benzene rings is 2. The van der Waals surface area contributed by atoms with Gasteiger partial charge >= 0.3 is 12.1 Å². The van der Waals surface area contributed by atoms with Gasteiger partial charge in [0.05, 0.1) is 25.1 Å². The third kappa shape index (κ3) is 11.5. The molecule has 15 heteroatoms. The van der Waals surface area contributed by atoms with Crippen LogP contribution in [-0.4, -0.2) is 110 Å². The lowest BCUT2D eigenvalue weighted by atomic mass is 9.98. The zero-order valence-electron chi connectivity index (χ0n) is 27.5. The van der Waals surface area contributed by atoms with E-state index in [0.29, 0.717) is 18.4 Å². The van der Waals surface area contributed by atoms with Gasteiger partial charge < -0.3 is 46.2 Å². The van der Waals surface area contributed by atoms with Crippen molar-refractivity contribution in [3.63, 3.8) is 0 Å². The van der Waals surface area contributed by atoms with Crippen molar-refractivity contribution in [2.75, 3.05) is 13.2 Å². The first-order valence-corrected chi connectivity index (χ1v) is 16.1. The zero-order valence-corrected chi connectivity index (χ0v) is 27.5. The molecule has 0 bridgehead atoms. The Balaban J connectivity index is 1.63. The number of aliphatic hydroxyl groups excluding tert-OH is 4. The average Bonchev–Trinajstić information content (AvgIpc) is 3.59. The maximum Gasteiger partial charge on any atom is 0.410 e. The van der Waals surface area contributed by atoms with Crippen LogP contribution in [0.3, 0.4) is 0 Å². The molecule has 2 aromatic rings. The van der Waals surface area contributed by atoms with E-state index in [2.05, 4.69) is 16.0 Å². The lowest BCUT2D eigenvalue weighted by Crippen LogP contribution is -2.60. The SMILES string of the molecule is CC(C)C[C@H](NC(=O)[C@@H]1CCCN1C(=O)OCc1ccccc1)C(=O)N[C@@H](CO)[C@@H](O)[C@@H](O)[C@H](O)C(=O)N[C@@H](CC(=O)O)c1ccccc1. The zero-order chi connectivity index (χ0) is 36.1. The summed E-state index contributed by atoms with van der Waals surface area (Å²) in [5.74, 6) is -3.97. The number of hydrogen-bond donors (Lipinski definition) is 8. The van der Waals surface area contributed by atoms with Gasteiger partial charge in [0.2, 0.25) is 11.8 Å². The normalized spacial score (nSPS) is 18.0. The van der Waals surface area contributed by atoms with Gasteiger partial charge in [-0.2, -0.15) is 0 Å². The number of nitrogens with zero attached hydrogens (tertiary/aromatic N) is 1. The molecule has 4 amide bonds. The molecule has 3 rings (SSSR count). The van der Waals surface area contributed by atoms with E-state index in [9.17, 15) is 49.5 Å². The van der Waals surface area contributed by atoms with Crippen LogP contribution in [0.4, 0.5) is 4.79 Å². The second-order valence-corrected chi connectivity index (χ2v) is 12.4. The topological polar surface area (TPSA) is 235 Å². The minimum absolute atomic E-state index is 0.0198. The monoisotopic (exact) mass is 686 g/mol. The molecule has 0 radical (unpaired) electrons. The van der Waals surface area contributed by atoms with Crippen LogP contribution in [0.1, 0.15) is 56.7 Å². The number of carboxylic acid groups (broad SMARTS) is 1. The van der Waals surface area contributed by atoms with E-state index in [1.807, 2.05) is 6.07 Å². The molecule has 0 spiro atoms.